The Morgan fingerprint density at radius 2 is 2.27 bits per heavy atom. The average Bonchev–Trinajstić information content (AvgIpc) is 2.15. The van der Waals surface area contributed by atoms with E-state index in [-0.39, 0.29) is 6.61 Å². The molecule has 0 bridgehead atoms. The molecule has 1 rings (SSSR count). The van der Waals surface area contributed by atoms with Gasteiger partial charge in [0.2, 0.25) is 0 Å². The van der Waals surface area contributed by atoms with E-state index in [0.717, 1.165) is 11.3 Å². The minimum absolute atomic E-state index is 0.225. The van der Waals surface area contributed by atoms with Gasteiger partial charge in [-0.25, -0.2) is 4.79 Å². The van der Waals surface area contributed by atoms with Crippen LogP contribution in [-0.2, 0) is 4.74 Å². The number of primary amides is 1. The van der Waals surface area contributed by atoms with E-state index in [4.69, 9.17) is 11.5 Å². The van der Waals surface area contributed by atoms with Gasteiger partial charge in [0.05, 0.1) is 11.4 Å². The molecule has 0 fully saturated rings. The fourth-order valence-corrected chi connectivity index (χ4v) is 1.26. The van der Waals surface area contributed by atoms with Crippen molar-refractivity contribution >= 4 is 17.5 Å². The molecular formula is C10H15N3O2. The second-order valence-corrected chi connectivity index (χ2v) is 3.13. The Bertz CT molecular complexity index is 332. The monoisotopic (exact) mass is 209 g/mol. The Morgan fingerprint density at radius 1 is 1.53 bits per heavy atom. The van der Waals surface area contributed by atoms with Crippen LogP contribution in [0.5, 0.6) is 0 Å². The molecule has 1 aromatic rings. The highest BCUT2D eigenvalue weighted by Crippen LogP contribution is 2.21. The summed E-state index contributed by atoms with van der Waals surface area (Å²) in [5, 5.41) is 3.08. The number of nitrogens with two attached hydrogens (primary N) is 2. The lowest BCUT2D eigenvalue weighted by Crippen LogP contribution is -2.18. The van der Waals surface area contributed by atoms with Gasteiger partial charge in [-0.1, -0.05) is 12.1 Å². The Labute approximate surface area is 88.4 Å². The van der Waals surface area contributed by atoms with Crippen LogP contribution in [0.3, 0.4) is 0 Å². The number of para-hydroxylation sites is 1. The standard InChI is InChI=1S/C10H15N3O2/c1-7-3-2-4-8(11)9(7)13-5-6-15-10(12)14/h2-4,13H,5-6,11H2,1H3,(H2,12,14). The third-order valence-electron chi connectivity index (χ3n) is 1.95. The summed E-state index contributed by atoms with van der Waals surface area (Å²) < 4.78 is 4.58. The van der Waals surface area contributed by atoms with E-state index in [1.807, 2.05) is 25.1 Å². The van der Waals surface area contributed by atoms with E-state index >= 15 is 0 Å². The number of carbonyl (C=O) groups excluding carboxylic acids is 1. The third kappa shape index (κ3) is 3.38. The number of carbonyl (C=O) groups is 1. The van der Waals surface area contributed by atoms with Gasteiger partial charge >= 0.3 is 6.09 Å². The number of ether oxygens (including phenoxy) is 1. The van der Waals surface area contributed by atoms with Crippen LogP contribution < -0.4 is 16.8 Å². The SMILES string of the molecule is Cc1cccc(N)c1NCCOC(N)=O. The summed E-state index contributed by atoms with van der Waals surface area (Å²) in [4.78, 5) is 10.3. The number of hydrogen-bond donors (Lipinski definition) is 3. The Balaban J connectivity index is 2.47. The summed E-state index contributed by atoms with van der Waals surface area (Å²) in [5.41, 5.74) is 13.2. The van der Waals surface area contributed by atoms with Crippen molar-refractivity contribution in [2.24, 2.45) is 5.73 Å². The summed E-state index contributed by atoms with van der Waals surface area (Å²) in [5.74, 6) is 0. The second kappa shape index (κ2) is 5.09. The minimum atomic E-state index is -0.769. The van der Waals surface area contributed by atoms with Crippen molar-refractivity contribution in [1.82, 2.24) is 0 Å². The van der Waals surface area contributed by atoms with Crippen molar-refractivity contribution in [3.8, 4) is 0 Å². The fourth-order valence-electron chi connectivity index (χ4n) is 1.26. The molecule has 0 heterocycles. The molecule has 1 aromatic carbocycles. The lowest BCUT2D eigenvalue weighted by Gasteiger charge is -2.11. The van der Waals surface area contributed by atoms with E-state index < -0.39 is 6.09 Å². The molecule has 0 aromatic heterocycles. The Hall–Kier alpha value is -1.91. The van der Waals surface area contributed by atoms with Gasteiger partial charge in [0.25, 0.3) is 0 Å². The maximum Gasteiger partial charge on any atom is 0.404 e. The quantitative estimate of drug-likeness (QED) is 0.511. The van der Waals surface area contributed by atoms with E-state index in [9.17, 15) is 4.79 Å². The fraction of sp³-hybridized carbons (Fsp3) is 0.300. The van der Waals surface area contributed by atoms with Crippen LogP contribution in [0.2, 0.25) is 0 Å². The highest BCUT2D eigenvalue weighted by Gasteiger charge is 2.01. The third-order valence-corrected chi connectivity index (χ3v) is 1.95. The lowest BCUT2D eigenvalue weighted by molar-refractivity contribution is 0.161. The summed E-state index contributed by atoms with van der Waals surface area (Å²) in [6.07, 6.45) is -0.769. The predicted molar refractivity (Wildman–Crippen MR) is 59.6 cm³/mol. The van der Waals surface area contributed by atoms with Crippen LogP contribution in [0.4, 0.5) is 16.2 Å². The zero-order valence-electron chi connectivity index (χ0n) is 8.62. The van der Waals surface area contributed by atoms with Gasteiger partial charge in [-0.05, 0) is 18.6 Å². The van der Waals surface area contributed by atoms with Crippen LogP contribution in [-0.4, -0.2) is 19.2 Å². The summed E-state index contributed by atoms with van der Waals surface area (Å²) in [6.45, 7) is 2.66. The van der Waals surface area contributed by atoms with Crippen LogP contribution in [0.15, 0.2) is 18.2 Å². The van der Waals surface area contributed by atoms with Gasteiger partial charge in [-0.2, -0.15) is 0 Å². The molecule has 0 radical (unpaired) electrons. The minimum Gasteiger partial charge on any atom is -0.448 e. The smallest absolute Gasteiger partial charge is 0.404 e. The molecule has 0 unspecified atom stereocenters. The lowest BCUT2D eigenvalue weighted by atomic mass is 10.1. The van der Waals surface area contributed by atoms with Crippen molar-refractivity contribution < 1.29 is 9.53 Å². The van der Waals surface area contributed by atoms with Gasteiger partial charge in [-0.3, -0.25) is 0 Å². The first-order valence-electron chi connectivity index (χ1n) is 4.62. The number of nitrogen functional groups attached to an aromatic ring is 1. The summed E-state index contributed by atoms with van der Waals surface area (Å²) >= 11 is 0. The Morgan fingerprint density at radius 3 is 2.87 bits per heavy atom. The van der Waals surface area contributed by atoms with Crippen molar-refractivity contribution in [3.05, 3.63) is 23.8 Å². The average molecular weight is 209 g/mol. The highest BCUT2D eigenvalue weighted by molar-refractivity contribution is 5.70. The normalized spacial score (nSPS) is 9.67. The van der Waals surface area contributed by atoms with Crippen LogP contribution in [0.25, 0.3) is 0 Å². The van der Waals surface area contributed by atoms with Gasteiger partial charge < -0.3 is 21.5 Å². The molecule has 82 valence electrons. The predicted octanol–water partition coefficient (Wildman–Crippen LogP) is 1.08. The molecular weight excluding hydrogens is 194 g/mol. The zero-order chi connectivity index (χ0) is 11.3. The topological polar surface area (TPSA) is 90.4 Å². The van der Waals surface area contributed by atoms with E-state index in [2.05, 4.69) is 10.1 Å². The Kier molecular flexibility index (Phi) is 3.79. The van der Waals surface area contributed by atoms with Crippen molar-refractivity contribution in [2.45, 2.75) is 6.92 Å². The second-order valence-electron chi connectivity index (χ2n) is 3.13. The summed E-state index contributed by atoms with van der Waals surface area (Å²) in [6, 6.07) is 5.65. The van der Waals surface area contributed by atoms with Crippen molar-refractivity contribution in [3.63, 3.8) is 0 Å². The number of amides is 1. The number of nitrogens with one attached hydrogen (secondary N) is 1. The number of rotatable bonds is 4. The van der Waals surface area contributed by atoms with E-state index in [1.165, 1.54) is 0 Å². The van der Waals surface area contributed by atoms with Gasteiger partial charge in [-0.15, -0.1) is 0 Å². The molecule has 0 saturated carbocycles. The van der Waals surface area contributed by atoms with E-state index in [1.54, 1.807) is 0 Å². The zero-order valence-corrected chi connectivity index (χ0v) is 8.62. The molecule has 0 spiro atoms. The van der Waals surface area contributed by atoms with Gasteiger partial charge in [0.1, 0.15) is 6.61 Å². The number of hydrogen-bond acceptors (Lipinski definition) is 4. The molecule has 0 saturated heterocycles. The van der Waals surface area contributed by atoms with Crippen LogP contribution in [0.1, 0.15) is 5.56 Å². The largest absolute Gasteiger partial charge is 0.448 e. The molecule has 1 amide bonds. The molecule has 5 nitrogen and oxygen atoms in total. The van der Waals surface area contributed by atoms with E-state index in [0.29, 0.717) is 12.2 Å². The van der Waals surface area contributed by atoms with Gasteiger partial charge in [0, 0.05) is 6.54 Å². The molecule has 0 aliphatic carbocycles. The first-order valence-corrected chi connectivity index (χ1v) is 4.62. The first kappa shape index (κ1) is 11.2. The maximum absolute atomic E-state index is 10.3. The number of anilines is 2. The maximum atomic E-state index is 10.3. The number of aryl methyl sites for hydroxylation is 1. The molecule has 5 N–H and O–H groups in total. The molecule has 15 heavy (non-hydrogen) atoms. The van der Waals surface area contributed by atoms with Crippen LogP contribution >= 0.6 is 0 Å². The van der Waals surface area contributed by atoms with Crippen LogP contribution in [0, 0.1) is 6.92 Å². The molecule has 0 aliphatic heterocycles. The van der Waals surface area contributed by atoms with Crippen molar-refractivity contribution in [1.29, 1.82) is 0 Å². The molecule has 5 heteroatoms. The number of benzene rings is 1. The molecule has 0 atom stereocenters. The van der Waals surface area contributed by atoms with Crippen molar-refractivity contribution in [2.75, 3.05) is 24.2 Å². The molecule has 0 aliphatic rings. The summed E-state index contributed by atoms with van der Waals surface area (Å²) in [7, 11) is 0. The first-order chi connectivity index (χ1) is 7.11. The van der Waals surface area contributed by atoms with Gasteiger partial charge in [0.15, 0.2) is 0 Å². The highest BCUT2D eigenvalue weighted by atomic mass is 16.5.